The van der Waals surface area contributed by atoms with Crippen molar-refractivity contribution in [3.63, 3.8) is 0 Å². The fourth-order valence-corrected chi connectivity index (χ4v) is 7.87. The molecule has 8 rings (SSSR count). The maximum atomic E-state index is 13.8. The number of carbonyl (C=O) groups is 2. The second-order valence-corrected chi connectivity index (χ2v) is 14.5. The van der Waals surface area contributed by atoms with Crippen molar-refractivity contribution in [3.8, 4) is 11.5 Å². The van der Waals surface area contributed by atoms with E-state index in [4.69, 9.17) is 42.1 Å². The molecule has 5 heterocycles. The van der Waals surface area contributed by atoms with Gasteiger partial charge in [0.1, 0.15) is 12.2 Å². The van der Waals surface area contributed by atoms with Gasteiger partial charge in [0, 0.05) is 31.6 Å². The Hall–Kier alpha value is -4.38. The van der Waals surface area contributed by atoms with Gasteiger partial charge in [-0.15, -0.1) is 0 Å². The van der Waals surface area contributed by atoms with Gasteiger partial charge in [-0.2, -0.15) is 0 Å². The van der Waals surface area contributed by atoms with Gasteiger partial charge in [-0.05, 0) is 111 Å². The first-order chi connectivity index (χ1) is 25.3. The smallest absolute Gasteiger partial charge is 0.414 e. The van der Waals surface area contributed by atoms with Crippen LogP contribution in [0.4, 0.5) is 10.5 Å². The van der Waals surface area contributed by atoms with Crippen LogP contribution in [0.3, 0.4) is 0 Å². The highest BCUT2D eigenvalue weighted by molar-refractivity contribution is 6.35. The number of carbonyl (C=O) groups excluding carboxylic acids is 2. The number of hydrogen-bond acceptors (Lipinski definition) is 9. The van der Waals surface area contributed by atoms with Crippen LogP contribution in [-0.4, -0.2) is 65.9 Å². The highest BCUT2D eigenvalue weighted by Crippen LogP contribution is 2.38. The predicted molar refractivity (Wildman–Crippen MR) is 198 cm³/mol. The summed E-state index contributed by atoms with van der Waals surface area (Å²) in [6.07, 6.45) is 11.6. The molecule has 0 radical (unpaired) electrons. The van der Waals surface area contributed by atoms with Crippen LogP contribution >= 0.6 is 23.2 Å². The lowest BCUT2D eigenvalue weighted by Crippen LogP contribution is -2.53. The molecule has 0 spiro atoms. The molecule has 2 bridgehead atoms. The highest BCUT2D eigenvalue weighted by atomic mass is 35.5. The van der Waals surface area contributed by atoms with E-state index in [0.717, 1.165) is 63.7 Å². The minimum absolute atomic E-state index is 0.101. The van der Waals surface area contributed by atoms with Crippen LogP contribution in [0.15, 0.2) is 79.4 Å². The Morgan fingerprint density at radius 3 is 2.33 bits per heavy atom. The van der Waals surface area contributed by atoms with Gasteiger partial charge >= 0.3 is 12.1 Å². The zero-order valence-corrected chi connectivity index (χ0v) is 30.6. The molecule has 0 unspecified atom stereocenters. The molecule has 0 N–H and O–H groups in total. The van der Waals surface area contributed by atoms with Gasteiger partial charge in [0.15, 0.2) is 11.5 Å². The maximum Gasteiger partial charge on any atom is 0.414 e. The minimum atomic E-state index is -0.761. The molecular weight excluding hydrogens is 703 g/mol. The van der Waals surface area contributed by atoms with Gasteiger partial charge in [0.05, 0.1) is 47.3 Å². The maximum absolute atomic E-state index is 13.8. The van der Waals surface area contributed by atoms with Gasteiger partial charge in [0.25, 0.3) is 0 Å². The number of esters is 1. The molecule has 52 heavy (non-hydrogen) atoms. The number of pyridine rings is 2. The lowest BCUT2D eigenvalue weighted by Gasteiger charge is -2.44. The molecule has 12 heteroatoms. The Bertz CT molecular complexity index is 1830. The van der Waals surface area contributed by atoms with Crippen LogP contribution in [0, 0.1) is 5.92 Å². The molecule has 4 aliphatic rings. The fourth-order valence-electron chi connectivity index (χ4n) is 7.36. The number of aromatic nitrogens is 2. The predicted octanol–water partition coefficient (Wildman–Crippen LogP) is 8.49. The summed E-state index contributed by atoms with van der Waals surface area (Å²) in [6, 6.07) is 16.2. The van der Waals surface area contributed by atoms with Gasteiger partial charge in [-0.3, -0.25) is 19.8 Å². The lowest BCUT2D eigenvalue weighted by molar-refractivity contribution is -0.0311. The van der Waals surface area contributed by atoms with Crippen molar-refractivity contribution in [2.24, 2.45) is 5.92 Å². The fraction of sp³-hybridized carbons (Fsp3) is 0.400. The van der Waals surface area contributed by atoms with Gasteiger partial charge in [-0.1, -0.05) is 41.4 Å². The Morgan fingerprint density at radius 1 is 0.923 bits per heavy atom. The molecule has 1 amide bonds. The van der Waals surface area contributed by atoms with Crippen LogP contribution in [0.5, 0.6) is 11.5 Å². The first kappa shape index (κ1) is 36.0. The molecule has 1 saturated carbocycles. The van der Waals surface area contributed by atoms with Crippen molar-refractivity contribution in [2.45, 2.75) is 69.8 Å². The third-order valence-electron chi connectivity index (χ3n) is 10.3. The Morgan fingerprint density at radius 2 is 1.67 bits per heavy atom. The monoisotopic (exact) mass is 744 g/mol. The number of fused-ring (bicyclic) bond motifs is 3. The lowest BCUT2D eigenvalue weighted by atomic mass is 9.86. The summed E-state index contributed by atoms with van der Waals surface area (Å²) in [5, 5.41) is 0.748. The summed E-state index contributed by atoms with van der Waals surface area (Å²) in [5.41, 5.74) is 3.10. The number of methoxy groups -OCH3 is 1. The van der Waals surface area contributed by atoms with Crippen molar-refractivity contribution in [2.75, 3.05) is 31.6 Å². The van der Waals surface area contributed by atoms with Crippen molar-refractivity contribution < 1.29 is 28.5 Å². The third kappa shape index (κ3) is 8.46. The quantitative estimate of drug-likeness (QED) is 0.132. The molecule has 3 aliphatic heterocycles. The average Bonchev–Trinajstić information content (AvgIpc) is 3.69. The molecule has 1 aliphatic carbocycles. The standard InChI is InChI=1S/C40H42Cl2N4O6/c1-49-35-13-12-29(19-37(35)50-31-6-2-3-7-31)36(20-32-33(41)22-44-23-34(32)42)51-39(47)28-10-8-26(9-11-28)24-46(30-5-4-16-43-21-30)40(48)52-38-25-45-17-14-27(38)15-18-45/h4-5,8-13,16,19,21-23,27,31,36,38H,2-3,6-7,14-15,17-18,20,24-25H2,1H3/t36-,38+/m1/s1. The number of halogens is 2. The van der Waals surface area contributed by atoms with Gasteiger partial charge in [0.2, 0.25) is 0 Å². The summed E-state index contributed by atoms with van der Waals surface area (Å²) in [4.78, 5) is 39.6. The SMILES string of the molecule is COc1ccc([C@@H](Cc2c(Cl)cncc2Cl)OC(=O)c2ccc(CN(C(=O)O[C@H]3CN4CCC3CC4)c3cccnc3)cc2)cc1OC1CCCC1. The molecule has 3 saturated heterocycles. The van der Waals surface area contributed by atoms with Crippen molar-refractivity contribution in [1.82, 2.24) is 14.9 Å². The van der Waals surface area contributed by atoms with E-state index in [1.165, 1.54) is 12.4 Å². The van der Waals surface area contributed by atoms with Crippen molar-refractivity contribution >= 4 is 41.0 Å². The van der Waals surface area contributed by atoms with Gasteiger partial charge in [-0.25, -0.2) is 9.59 Å². The van der Waals surface area contributed by atoms with Crippen LogP contribution in [0.2, 0.25) is 10.0 Å². The summed E-state index contributed by atoms with van der Waals surface area (Å²) in [5.74, 6) is 1.05. The summed E-state index contributed by atoms with van der Waals surface area (Å²) in [7, 11) is 1.60. The van der Waals surface area contributed by atoms with E-state index in [1.54, 1.807) is 42.6 Å². The van der Waals surface area contributed by atoms with E-state index in [1.807, 2.05) is 36.4 Å². The molecule has 10 nitrogen and oxygen atoms in total. The van der Waals surface area contributed by atoms with Crippen LogP contribution in [-0.2, 0) is 22.4 Å². The van der Waals surface area contributed by atoms with E-state index < -0.39 is 18.2 Å². The second-order valence-electron chi connectivity index (χ2n) is 13.7. The number of hydrogen-bond donors (Lipinski definition) is 0. The van der Waals surface area contributed by atoms with E-state index in [-0.39, 0.29) is 25.2 Å². The number of piperidine rings is 3. The average molecular weight is 746 g/mol. The van der Waals surface area contributed by atoms with Crippen molar-refractivity contribution in [3.05, 3.63) is 112 Å². The number of nitrogens with zero attached hydrogens (tertiary/aromatic N) is 4. The number of benzene rings is 2. The Kier molecular flexibility index (Phi) is 11.4. The van der Waals surface area contributed by atoms with E-state index in [9.17, 15) is 9.59 Å². The van der Waals surface area contributed by atoms with E-state index >= 15 is 0 Å². The molecule has 2 aromatic heterocycles. The normalized spacial score (nSPS) is 20.2. The van der Waals surface area contributed by atoms with E-state index in [0.29, 0.717) is 49.8 Å². The first-order valence-corrected chi connectivity index (χ1v) is 18.6. The van der Waals surface area contributed by atoms with Crippen LogP contribution in [0.1, 0.15) is 71.7 Å². The second kappa shape index (κ2) is 16.5. The number of amides is 1. The molecule has 272 valence electrons. The summed E-state index contributed by atoms with van der Waals surface area (Å²) < 4.78 is 24.3. The molecule has 4 aromatic rings. The molecule has 2 atom stereocenters. The molecular formula is C40H42Cl2N4O6. The zero-order valence-electron chi connectivity index (χ0n) is 29.1. The third-order valence-corrected chi connectivity index (χ3v) is 11.0. The Balaban J connectivity index is 1.09. The van der Waals surface area contributed by atoms with Crippen LogP contribution < -0.4 is 14.4 Å². The highest BCUT2D eigenvalue weighted by Gasteiger charge is 2.37. The summed E-state index contributed by atoms with van der Waals surface area (Å²) >= 11 is 13.1. The summed E-state index contributed by atoms with van der Waals surface area (Å²) in [6.45, 7) is 3.11. The number of rotatable bonds is 12. The van der Waals surface area contributed by atoms with Gasteiger partial charge < -0.3 is 18.9 Å². The number of anilines is 1. The number of ether oxygens (including phenoxy) is 4. The first-order valence-electron chi connectivity index (χ1n) is 17.9. The zero-order chi connectivity index (χ0) is 36.0. The van der Waals surface area contributed by atoms with Crippen molar-refractivity contribution in [1.29, 1.82) is 0 Å². The molecule has 4 fully saturated rings. The Labute approximate surface area is 313 Å². The van der Waals surface area contributed by atoms with Crippen LogP contribution in [0.25, 0.3) is 0 Å². The molecule has 2 aromatic carbocycles. The minimum Gasteiger partial charge on any atom is -0.493 e. The van der Waals surface area contributed by atoms with E-state index in [2.05, 4.69) is 14.9 Å². The topological polar surface area (TPSA) is 103 Å². The largest absolute Gasteiger partial charge is 0.493 e.